The molecule has 0 radical (unpaired) electrons. The van der Waals surface area contributed by atoms with Crippen molar-refractivity contribution in [3.05, 3.63) is 0 Å². The molecule has 3 unspecified atom stereocenters. The van der Waals surface area contributed by atoms with Gasteiger partial charge in [-0.2, -0.15) is 0 Å². The fourth-order valence-corrected chi connectivity index (χ4v) is 2.61. The zero-order valence-electron chi connectivity index (χ0n) is 11.4. The average molecular weight is 226 g/mol. The normalized spacial score (nSPS) is 35.1. The topological polar surface area (TPSA) is 24.1 Å². The van der Waals surface area contributed by atoms with Gasteiger partial charge in [0.05, 0.1) is 0 Å². The number of hydrogen-bond acceptors (Lipinski definition) is 2. The number of rotatable bonds is 1. The summed E-state index contributed by atoms with van der Waals surface area (Å²) in [6.07, 6.45) is 5.58. The molecule has 16 heavy (non-hydrogen) atoms. The SMILES string of the molecule is CC1CCCNC1.CCC1CNCC(C)C1. The second-order valence-corrected chi connectivity index (χ2v) is 5.72. The van der Waals surface area contributed by atoms with Gasteiger partial charge in [-0.15, -0.1) is 0 Å². The van der Waals surface area contributed by atoms with Gasteiger partial charge in [0.1, 0.15) is 0 Å². The van der Waals surface area contributed by atoms with Gasteiger partial charge < -0.3 is 10.6 Å². The van der Waals surface area contributed by atoms with Crippen molar-refractivity contribution in [3.63, 3.8) is 0 Å². The molecule has 0 aromatic heterocycles. The third kappa shape index (κ3) is 5.86. The van der Waals surface area contributed by atoms with E-state index < -0.39 is 0 Å². The van der Waals surface area contributed by atoms with Gasteiger partial charge in [-0.05, 0) is 63.2 Å². The summed E-state index contributed by atoms with van der Waals surface area (Å²) in [4.78, 5) is 0. The second kappa shape index (κ2) is 8.08. The first-order chi connectivity index (χ1) is 7.72. The molecular weight excluding hydrogens is 196 g/mol. The molecule has 0 aliphatic carbocycles. The van der Waals surface area contributed by atoms with Crippen LogP contribution in [0.3, 0.4) is 0 Å². The Labute approximate surface area is 102 Å². The van der Waals surface area contributed by atoms with E-state index in [1.54, 1.807) is 0 Å². The molecule has 0 bridgehead atoms. The van der Waals surface area contributed by atoms with E-state index in [4.69, 9.17) is 0 Å². The summed E-state index contributed by atoms with van der Waals surface area (Å²) < 4.78 is 0. The van der Waals surface area contributed by atoms with Crippen molar-refractivity contribution < 1.29 is 0 Å². The Bertz CT molecular complexity index is 164. The lowest BCUT2D eigenvalue weighted by atomic mass is 9.90. The van der Waals surface area contributed by atoms with Crippen molar-refractivity contribution in [1.82, 2.24) is 10.6 Å². The molecule has 2 aliphatic rings. The van der Waals surface area contributed by atoms with E-state index in [-0.39, 0.29) is 0 Å². The lowest BCUT2D eigenvalue weighted by Gasteiger charge is -2.26. The first kappa shape index (κ1) is 14.0. The third-order valence-electron chi connectivity index (χ3n) is 3.78. The van der Waals surface area contributed by atoms with Gasteiger partial charge in [0, 0.05) is 0 Å². The van der Waals surface area contributed by atoms with E-state index in [1.165, 1.54) is 51.9 Å². The van der Waals surface area contributed by atoms with Gasteiger partial charge in [-0.1, -0.05) is 27.2 Å². The van der Waals surface area contributed by atoms with E-state index in [9.17, 15) is 0 Å². The fraction of sp³-hybridized carbons (Fsp3) is 1.00. The molecule has 0 saturated carbocycles. The molecule has 2 heteroatoms. The van der Waals surface area contributed by atoms with E-state index >= 15 is 0 Å². The molecule has 2 N–H and O–H groups in total. The van der Waals surface area contributed by atoms with Crippen LogP contribution in [0.4, 0.5) is 0 Å². The van der Waals surface area contributed by atoms with Crippen LogP contribution in [-0.4, -0.2) is 26.2 Å². The molecular formula is C14H30N2. The van der Waals surface area contributed by atoms with E-state index in [0.717, 1.165) is 17.8 Å². The largest absolute Gasteiger partial charge is 0.316 e. The molecule has 3 atom stereocenters. The van der Waals surface area contributed by atoms with E-state index in [1.807, 2.05) is 0 Å². The summed E-state index contributed by atoms with van der Waals surface area (Å²) in [7, 11) is 0. The lowest BCUT2D eigenvalue weighted by Crippen LogP contribution is -2.34. The molecule has 0 spiro atoms. The summed E-state index contributed by atoms with van der Waals surface area (Å²) in [6.45, 7) is 11.9. The van der Waals surface area contributed by atoms with Crippen molar-refractivity contribution in [2.75, 3.05) is 26.2 Å². The molecule has 2 aliphatic heterocycles. The summed E-state index contributed by atoms with van der Waals surface area (Å²) in [5.41, 5.74) is 0. The molecule has 0 amide bonds. The Balaban J connectivity index is 0.000000165. The van der Waals surface area contributed by atoms with Crippen molar-refractivity contribution in [1.29, 1.82) is 0 Å². The zero-order valence-corrected chi connectivity index (χ0v) is 11.4. The van der Waals surface area contributed by atoms with Crippen LogP contribution in [0, 0.1) is 17.8 Å². The van der Waals surface area contributed by atoms with Crippen molar-refractivity contribution >= 4 is 0 Å². The Morgan fingerprint density at radius 3 is 2.12 bits per heavy atom. The van der Waals surface area contributed by atoms with Gasteiger partial charge in [-0.25, -0.2) is 0 Å². The Hall–Kier alpha value is -0.0800. The maximum absolute atomic E-state index is 3.44. The van der Waals surface area contributed by atoms with Crippen molar-refractivity contribution in [3.8, 4) is 0 Å². The monoisotopic (exact) mass is 226 g/mol. The Morgan fingerprint density at radius 2 is 1.75 bits per heavy atom. The van der Waals surface area contributed by atoms with E-state index in [0.29, 0.717) is 0 Å². The highest BCUT2D eigenvalue weighted by Crippen LogP contribution is 2.17. The van der Waals surface area contributed by atoms with Crippen LogP contribution in [0.1, 0.15) is 46.5 Å². The van der Waals surface area contributed by atoms with Crippen molar-refractivity contribution in [2.45, 2.75) is 46.5 Å². The predicted octanol–water partition coefficient (Wildman–Crippen LogP) is 2.65. The third-order valence-corrected chi connectivity index (χ3v) is 3.78. The lowest BCUT2D eigenvalue weighted by molar-refractivity contribution is 0.296. The maximum Gasteiger partial charge on any atom is -0.00204 e. The summed E-state index contributed by atoms with van der Waals surface area (Å²) >= 11 is 0. The summed E-state index contributed by atoms with van der Waals surface area (Å²) in [6, 6.07) is 0. The smallest absolute Gasteiger partial charge is 0.00204 e. The van der Waals surface area contributed by atoms with Crippen LogP contribution in [0.25, 0.3) is 0 Å². The quantitative estimate of drug-likeness (QED) is 0.718. The van der Waals surface area contributed by atoms with Crippen LogP contribution < -0.4 is 10.6 Å². The first-order valence-electron chi connectivity index (χ1n) is 7.13. The minimum Gasteiger partial charge on any atom is -0.316 e. The molecule has 0 aromatic carbocycles. The summed E-state index contributed by atoms with van der Waals surface area (Å²) in [5.74, 6) is 2.78. The molecule has 2 rings (SSSR count). The predicted molar refractivity (Wildman–Crippen MR) is 71.7 cm³/mol. The number of nitrogens with one attached hydrogen (secondary N) is 2. The van der Waals surface area contributed by atoms with Gasteiger partial charge in [-0.3, -0.25) is 0 Å². The maximum atomic E-state index is 3.44. The van der Waals surface area contributed by atoms with Crippen LogP contribution >= 0.6 is 0 Å². The standard InChI is InChI=1S/C8H17N.C6H13N/c1-3-8-4-7(2)5-9-6-8;1-6-3-2-4-7-5-6/h7-9H,3-6H2,1-2H3;6-7H,2-5H2,1H3. The van der Waals surface area contributed by atoms with Crippen LogP contribution in [0.2, 0.25) is 0 Å². The molecule has 2 heterocycles. The van der Waals surface area contributed by atoms with Crippen LogP contribution in [0.15, 0.2) is 0 Å². The van der Waals surface area contributed by atoms with Gasteiger partial charge in [0.25, 0.3) is 0 Å². The number of hydrogen-bond donors (Lipinski definition) is 2. The average Bonchev–Trinajstić information content (AvgIpc) is 2.31. The van der Waals surface area contributed by atoms with E-state index in [2.05, 4.69) is 31.4 Å². The van der Waals surface area contributed by atoms with Gasteiger partial charge >= 0.3 is 0 Å². The number of piperidine rings is 2. The minimum atomic E-state index is 0.906. The van der Waals surface area contributed by atoms with Gasteiger partial charge in [0.15, 0.2) is 0 Å². The molecule has 0 aromatic rings. The summed E-state index contributed by atoms with van der Waals surface area (Å²) in [5, 5.41) is 6.77. The van der Waals surface area contributed by atoms with Gasteiger partial charge in [0.2, 0.25) is 0 Å². The van der Waals surface area contributed by atoms with Crippen molar-refractivity contribution in [2.24, 2.45) is 17.8 Å². The second-order valence-electron chi connectivity index (χ2n) is 5.72. The highest BCUT2D eigenvalue weighted by atomic mass is 14.9. The van der Waals surface area contributed by atoms with Crippen LogP contribution in [-0.2, 0) is 0 Å². The highest BCUT2D eigenvalue weighted by Gasteiger charge is 2.15. The first-order valence-corrected chi connectivity index (χ1v) is 7.13. The molecule has 2 saturated heterocycles. The molecule has 2 nitrogen and oxygen atoms in total. The fourth-order valence-electron chi connectivity index (χ4n) is 2.61. The molecule has 2 fully saturated rings. The zero-order chi connectivity index (χ0) is 11.8. The highest BCUT2D eigenvalue weighted by molar-refractivity contribution is 4.72. The Morgan fingerprint density at radius 1 is 1.00 bits per heavy atom. The van der Waals surface area contributed by atoms with Crippen LogP contribution in [0.5, 0.6) is 0 Å². The Kier molecular flexibility index (Phi) is 7.06. The minimum absolute atomic E-state index is 0.906. The molecule has 96 valence electrons.